The minimum absolute atomic E-state index is 0.0166. The maximum atomic E-state index is 12.4. The van der Waals surface area contributed by atoms with Crippen LogP contribution in [-0.4, -0.2) is 61.4 Å². The first-order valence-corrected chi connectivity index (χ1v) is 8.35. The zero-order valence-electron chi connectivity index (χ0n) is 14.4. The van der Waals surface area contributed by atoms with Gasteiger partial charge in [0, 0.05) is 51.8 Å². The standard InChI is InChI=1S/C18H27N3O2/c1-4-16-7-5-6-8-17(16)21(15(2)22)10-9-18(23)20-13-11-19(3)12-14-20/h5-8H,4,9-14H2,1-3H3. The first-order valence-electron chi connectivity index (χ1n) is 8.35. The van der Waals surface area contributed by atoms with Crippen molar-refractivity contribution in [2.24, 2.45) is 0 Å². The Morgan fingerprint density at radius 2 is 1.78 bits per heavy atom. The molecule has 23 heavy (non-hydrogen) atoms. The molecule has 2 amide bonds. The van der Waals surface area contributed by atoms with Gasteiger partial charge >= 0.3 is 0 Å². The lowest BCUT2D eigenvalue weighted by molar-refractivity contribution is -0.132. The number of aryl methyl sites for hydroxylation is 1. The van der Waals surface area contributed by atoms with E-state index in [1.807, 2.05) is 29.2 Å². The number of anilines is 1. The number of para-hydroxylation sites is 1. The van der Waals surface area contributed by atoms with E-state index >= 15 is 0 Å². The fraction of sp³-hybridized carbons (Fsp3) is 0.556. The molecule has 0 aromatic heterocycles. The van der Waals surface area contributed by atoms with Gasteiger partial charge in [-0.15, -0.1) is 0 Å². The molecule has 0 N–H and O–H groups in total. The third kappa shape index (κ3) is 4.55. The zero-order valence-corrected chi connectivity index (χ0v) is 14.4. The van der Waals surface area contributed by atoms with Gasteiger partial charge < -0.3 is 14.7 Å². The second-order valence-electron chi connectivity index (χ2n) is 6.09. The van der Waals surface area contributed by atoms with Crippen molar-refractivity contribution in [1.82, 2.24) is 9.80 Å². The van der Waals surface area contributed by atoms with E-state index in [-0.39, 0.29) is 11.8 Å². The SMILES string of the molecule is CCc1ccccc1N(CCC(=O)N1CCN(C)CC1)C(C)=O. The quantitative estimate of drug-likeness (QED) is 0.831. The molecule has 1 saturated heterocycles. The molecule has 1 fully saturated rings. The molecule has 2 rings (SSSR count). The van der Waals surface area contributed by atoms with E-state index in [4.69, 9.17) is 0 Å². The maximum absolute atomic E-state index is 12.4. The highest BCUT2D eigenvalue weighted by Gasteiger charge is 2.21. The average molecular weight is 317 g/mol. The average Bonchev–Trinajstić information content (AvgIpc) is 2.55. The van der Waals surface area contributed by atoms with E-state index in [2.05, 4.69) is 18.9 Å². The number of carbonyl (C=O) groups is 2. The molecule has 1 aromatic rings. The van der Waals surface area contributed by atoms with Crippen LogP contribution in [0, 0.1) is 0 Å². The van der Waals surface area contributed by atoms with Crippen molar-refractivity contribution in [3.05, 3.63) is 29.8 Å². The number of hydrogen-bond acceptors (Lipinski definition) is 3. The molecule has 0 spiro atoms. The molecule has 0 atom stereocenters. The number of benzene rings is 1. The van der Waals surface area contributed by atoms with Crippen LogP contribution < -0.4 is 4.90 Å². The Labute approximate surface area is 138 Å². The van der Waals surface area contributed by atoms with E-state index in [1.165, 1.54) is 0 Å². The molecular formula is C18H27N3O2. The summed E-state index contributed by atoms with van der Waals surface area (Å²) >= 11 is 0. The van der Waals surface area contributed by atoms with Crippen molar-refractivity contribution in [2.45, 2.75) is 26.7 Å². The van der Waals surface area contributed by atoms with E-state index in [0.717, 1.165) is 43.9 Å². The summed E-state index contributed by atoms with van der Waals surface area (Å²) in [5, 5.41) is 0. The van der Waals surface area contributed by atoms with Crippen molar-refractivity contribution >= 4 is 17.5 Å². The summed E-state index contributed by atoms with van der Waals surface area (Å²) in [6.45, 7) is 7.47. The highest BCUT2D eigenvalue weighted by Crippen LogP contribution is 2.21. The summed E-state index contributed by atoms with van der Waals surface area (Å²) in [6.07, 6.45) is 1.24. The summed E-state index contributed by atoms with van der Waals surface area (Å²) in [4.78, 5) is 30.3. The number of likely N-dealkylation sites (N-methyl/N-ethyl adjacent to an activating group) is 1. The van der Waals surface area contributed by atoms with Crippen LogP contribution in [-0.2, 0) is 16.0 Å². The summed E-state index contributed by atoms with van der Waals surface area (Å²) in [7, 11) is 2.07. The van der Waals surface area contributed by atoms with Gasteiger partial charge in [0.2, 0.25) is 11.8 Å². The Kier molecular flexibility index (Phi) is 6.16. The minimum Gasteiger partial charge on any atom is -0.340 e. The van der Waals surface area contributed by atoms with Crippen LogP contribution in [0.2, 0.25) is 0 Å². The predicted molar refractivity (Wildman–Crippen MR) is 92.5 cm³/mol. The second kappa shape index (κ2) is 8.11. The Morgan fingerprint density at radius 3 is 2.39 bits per heavy atom. The molecule has 0 saturated carbocycles. The highest BCUT2D eigenvalue weighted by molar-refractivity contribution is 5.93. The number of carbonyl (C=O) groups excluding carboxylic acids is 2. The van der Waals surface area contributed by atoms with Crippen LogP contribution in [0.5, 0.6) is 0 Å². The molecule has 5 nitrogen and oxygen atoms in total. The normalized spacial score (nSPS) is 15.5. The molecule has 0 aliphatic carbocycles. The fourth-order valence-corrected chi connectivity index (χ4v) is 2.94. The van der Waals surface area contributed by atoms with Gasteiger partial charge in [0.15, 0.2) is 0 Å². The summed E-state index contributed by atoms with van der Waals surface area (Å²) in [5.74, 6) is 0.121. The van der Waals surface area contributed by atoms with Crippen LogP contribution in [0.3, 0.4) is 0 Å². The summed E-state index contributed by atoms with van der Waals surface area (Å²) < 4.78 is 0. The molecule has 126 valence electrons. The Bertz CT molecular complexity index is 551. The fourth-order valence-electron chi connectivity index (χ4n) is 2.94. The molecular weight excluding hydrogens is 290 g/mol. The Balaban J connectivity index is 2.00. The molecule has 5 heteroatoms. The third-order valence-electron chi connectivity index (χ3n) is 4.45. The summed E-state index contributed by atoms with van der Waals surface area (Å²) in [5.41, 5.74) is 2.06. The van der Waals surface area contributed by atoms with E-state index < -0.39 is 0 Å². The first-order chi connectivity index (χ1) is 11.0. The second-order valence-corrected chi connectivity index (χ2v) is 6.09. The van der Waals surface area contributed by atoms with Crippen molar-refractivity contribution in [3.63, 3.8) is 0 Å². The molecule has 1 heterocycles. The summed E-state index contributed by atoms with van der Waals surface area (Å²) in [6, 6.07) is 7.91. The Hall–Kier alpha value is -1.88. The molecule has 0 unspecified atom stereocenters. The Morgan fingerprint density at radius 1 is 1.13 bits per heavy atom. The van der Waals surface area contributed by atoms with Crippen LogP contribution in [0.4, 0.5) is 5.69 Å². The van der Waals surface area contributed by atoms with Crippen LogP contribution in [0.25, 0.3) is 0 Å². The van der Waals surface area contributed by atoms with Gasteiger partial charge in [0.05, 0.1) is 0 Å². The van der Waals surface area contributed by atoms with Gasteiger partial charge in [-0.3, -0.25) is 9.59 Å². The van der Waals surface area contributed by atoms with Crippen molar-refractivity contribution in [1.29, 1.82) is 0 Å². The number of amides is 2. The van der Waals surface area contributed by atoms with Crippen molar-refractivity contribution in [3.8, 4) is 0 Å². The van der Waals surface area contributed by atoms with Crippen LogP contribution in [0.15, 0.2) is 24.3 Å². The minimum atomic E-state index is -0.0166. The van der Waals surface area contributed by atoms with Crippen LogP contribution >= 0.6 is 0 Å². The first kappa shape index (κ1) is 17.5. The van der Waals surface area contributed by atoms with Crippen molar-refractivity contribution in [2.75, 3.05) is 44.7 Å². The van der Waals surface area contributed by atoms with Gasteiger partial charge in [0.1, 0.15) is 0 Å². The monoisotopic (exact) mass is 317 g/mol. The largest absolute Gasteiger partial charge is 0.340 e. The van der Waals surface area contributed by atoms with Crippen LogP contribution in [0.1, 0.15) is 25.8 Å². The lowest BCUT2D eigenvalue weighted by Gasteiger charge is -2.33. The molecule has 1 aromatic carbocycles. The van der Waals surface area contributed by atoms with Gasteiger partial charge in [-0.05, 0) is 25.1 Å². The third-order valence-corrected chi connectivity index (χ3v) is 4.45. The lowest BCUT2D eigenvalue weighted by atomic mass is 10.1. The van der Waals surface area contributed by atoms with Crippen molar-refractivity contribution < 1.29 is 9.59 Å². The number of hydrogen-bond donors (Lipinski definition) is 0. The molecule has 1 aliphatic rings. The number of piperazine rings is 1. The van der Waals surface area contributed by atoms with Gasteiger partial charge in [-0.25, -0.2) is 0 Å². The highest BCUT2D eigenvalue weighted by atomic mass is 16.2. The number of nitrogens with zero attached hydrogens (tertiary/aromatic N) is 3. The lowest BCUT2D eigenvalue weighted by Crippen LogP contribution is -2.48. The molecule has 0 radical (unpaired) electrons. The van der Waals surface area contributed by atoms with E-state index in [0.29, 0.717) is 13.0 Å². The zero-order chi connectivity index (χ0) is 16.8. The van der Waals surface area contributed by atoms with Gasteiger partial charge in [-0.2, -0.15) is 0 Å². The smallest absolute Gasteiger partial charge is 0.224 e. The predicted octanol–water partition coefficient (Wildman–Crippen LogP) is 1.77. The van der Waals surface area contributed by atoms with Gasteiger partial charge in [-0.1, -0.05) is 25.1 Å². The topological polar surface area (TPSA) is 43.9 Å². The molecule has 1 aliphatic heterocycles. The maximum Gasteiger partial charge on any atom is 0.224 e. The number of rotatable bonds is 5. The van der Waals surface area contributed by atoms with E-state index in [1.54, 1.807) is 11.8 Å². The van der Waals surface area contributed by atoms with Gasteiger partial charge in [0.25, 0.3) is 0 Å². The molecule has 0 bridgehead atoms. The van der Waals surface area contributed by atoms with E-state index in [9.17, 15) is 9.59 Å².